The number of hydrogen-bond acceptors (Lipinski definition) is 6. The van der Waals surface area contributed by atoms with E-state index in [1.807, 2.05) is 13.0 Å². The molecular weight excluding hydrogens is 280 g/mol. The summed E-state index contributed by atoms with van der Waals surface area (Å²) in [4.78, 5) is 11.9. The van der Waals surface area contributed by atoms with Crippen LogP contribution < -0.4 is 5.32 Å². The van der Waals surface area contributed by atoms with Gasteiger partial charge in [0, 0.05) is 5.56 Å². The van der Waals surface area contributed by atoms with E-state index in [1.54, 1.807) is 36.0 Å². The number of thioether (sulfide) groups is 1. The molecule has 0 bridgehead atoms. The third kappa shape index (κ3) is 3.53. The topological polar surface area (TPSA) is 78.7 Å². The highest BCUT2D eigenvalue weighted by molar-refractivity contribution is 8.01. The first-order valence-electron chi connectivity index (χ1n) is 5.50. The van der Waals surface area contributed by atoms with Crippen LogP contribution in [0.25, 0.3) is 0 Å². The number of carbonyl (C=O) groups is 1. The molecule has 0 saturated carbocycles. The second-order valence-corrected chi connectivity index (χ2v) is 5.94. The summed E-state index contributed by atoms with van der Waals surface area (Å²) in [5, 5.41) is 19.7. The number of aromatic nitrogens is 2. The van der Waals surface area contributed by atoms with Gasteiger partial charge in [-0.2, -0.15) is 5.26 Å². The van der Waals surface area contributed by atoms with Gasteiger partial charge >= 0.3 is 0 Å². The van der Waals surface area contributed by atoms with Gasteiger partial charge in [0.2, 0.25) is 5.13 Å². The Morgan fingerprint density at radius 2 is 2.16 bits per heavy atom. The molecule has 0 spiro atoms. The van der Waals surface area contributed by atoms with Crippen LogP contribution in [0.3, 0.4) is 0 Å². The van der Waals surface area contributed by atoms with Gasteiger partial charge in [0.15, 0.2) is 4.34 Å². The van der Waals surface area contributed by atoms with Gasteiger partial charge in [0.05, 0.1) is 11.6 Å². The molecule has 2 rings (SSSR count). The lowest BCUT2D eigenvalue weighted by Gasteiger charge is -2.00. The molecule has 0 radical (unpaired) electrons. The quantitative estimate of drug-likeness (QED) is 0.692. The van der Waals surface area contributed by atoms with E-state index in [0.29, 0.717) is 16.3 Å². The molecule has 0 atom stereocenters. The average molecular weight is 290 g/mol. The maximum Gasteiger partial charge on any atom is 0.257 e. The molecule has 0 unspecified atom stereocenters. The first kappa shape index (κ1) is 13.5. The van der Waals surface area contributed by atoms with Crippen molar-refractivity contribution in [1.29, 1.82) is 5.26 Å². The number of amides is 1. The van der Waals surface area contributed by atoms with Gasteiger partial charge in [-0.25, -0.2) is 0 Å². The predicted octanol–water partition coefficient (Wildman–Crippen LogP) is 2.77. The van der Waals surface area contributed by atoms with Crippen molar-refractivity contribution in [2.75, 3.05) is 11.1 Å². The molecule has 1 aromatic carbocycles. The van der Waals surface area contributed by atoms with Crippen LogP contribution in [-0.2, 0) is 0 Å². The zero-order valence-corrected chi connectivity index (χ0v) is 11.7. The zero-order valence-electron chi connectivity index (χ0n) is 10.1. The third-order valence-electron chi connectivity index (χ3n) is 2.17. The second-order valence-electron chi connectivity index (χ2n) is 3.45. The number of nitriles is 1. The van der Waals surface area contributed by atoms with E-state index in [9.17, 15) is 4.79 Å². The Hall–Kier alpha value is -1.91. The first-order valence-corrected chi connectivity index (χ1v) is 7.31. The summed E-state index contributed by atoms with van der Waals surface area (Å²) >= 11 is 2.93. The second kappa shape index (κ2) is 6.31. The third-order valence-corrected chi connectivity index (χ3v) is 4.03. The predicted molar refractivity (Wildman–Crippen MR) is 75.4 cm³/mol. The number of hydrogen-bond donors (Lipinski definition) is 1. The number of nitrogens with zero attached hydrogens (tertiary/aromatic N) is 3. The minimum atomic E-state index is -0.256. The van der Waals surface area contributed by atoms with Crippen molar-refractivity contribution in [3.63, 3.8) is 0 Å². The normalized spacial score (nSPS) is 9.89. The SMILES string of the molecule is CCSc1nnc(NC(=O)c2ccc(C#N)cc2)s1. The van der Waals surface area contributed by atoms with E-state index >= 15 is 0 Å². The summed E-state index contributed by atoms with van der Waals surface area (Å²) in [6, 6.07) is 8.43. The standard InChI is InChI=1S/C12H10N4OS2/c1-2-18-12-16-15-11(19-12)14-10(17)9-5-3-8(7-13)4-6-9/h3-6H,2H2,1H3,(H,14,15,17). The lowest BCUT2D eigenvalue weighted by Crippen LogP contribution is -2.11. The number of nitrogens with one attached hydrogen (secondary N) is 1. The van der Waals surface area contributed by atoms with Crippen LogP contribution in [0, 0.1) is 11.3 Å². The van der Waals surface area contributed by atoms with Crippen molar-refractivity contribution in [3.8, 4) is 6.07 Å². The van der Waals surface area contributed by atoms with Crippen LogP contribution in [-0.4, -0.2) is 21.9 Å². The van der Waals surface area contributed by atoms with Crippen LogP contribution in [0.15, 0.2) is 28.6 Å². The van der Waals surface area contributed by atoms with Crippen molar-refractivity contribution in [1.82, 2.24) is 10.2 Å². The molecule has 1 amide bonds. The van der Waals surface area contributed by atoms with Gasteiger partial charge in [-0.3, -0.25) is 10.1 Å². The summed E-state index contributed by atoms with van der Waals surface area (Å²) in [7, 11) is 0. The summed E-state index contributed by atoms with van der Waals surface area (Å²) in [6.45, 7) is 2.03. The lowest BCUT2D eigenvalue weighted by molar-refractivity contribution is 0.102. The van der Waals surface area contributed by atoms with Crippen LogP contribution in [0.4, 0.5) is 5.13 Å². The minimum absolute atomic E-state index is 0.256. The summed E-state index contributed by atoms with van der Waals surface area (Å²) in [5.74, 6) is 0.659. The summed E-state index contributed by atoms with van der Waals surface area (Å²) in [5.41, 5.74) is 1.01. The first-order chi connectivity index (χ1) is 9.22. The minimum Gasteiger partial charge on any atom is -0.296 e. The Morgan fingerprint density at radius 1 is 1.42 bits per heavy atom. The van der Waals surface area contributed by atoms with E-state index in [-0.39, 0.29) is 5.91 Å². The molecule has 1 heterocycles. The molecule has 0 fully saturated rings. The van der Waals surface area contributed by atoms with Gasteiger partial charge in [-0.05, 0) is 30.0 Å². The van der Waals surface area contributed by atoms with E-state index in [1.165, 1.54) is 11.3 Å². The highest BCUT2D eigenvalue weighted by atomic mass is 32.2. The van der Waals surface area contributed by atoms with Gasteiger partial charge in [0.1, 0.15) is 0 Å². The monoisotopic (exact) mass is 290 g/mol. The number of anilines is 1. The van der Waals surface area contributed by atoms with Gasteiger partial charge < -0.3 is 0 Å². The molecule has 0 aliphatic heterocycles. The average Bonchev–Trinajstić information content (AvgIpc) is 2.86. The van der Waals surface area contributed by atoms with E-state index in [0.717, 1.165) is 10.1 Å². The molecule has 1 N–H and O–H groups in total. The Kier molecular flexibility index (Phi) is 4.49. The zero-order chi connectivity index (χ0) is 13.7. The fraction of sp³-hybridized carbons (Fsp3) is 0.167. The molecule has 1 aromatic heterocycles. The lowest BCUT2D eigenvalue weighted by atomic mass is 10.1. The molecule has 96 valence electrons. The van der Waals surface area contributed by atoms with Crippen molar-refractivity contribution < 1.29 is 4.79 Å². The molecule has 7 heteroatoms. The fourth-order valence-electron chi connectivity index (χ4n) is 1.31. The van der Waals surface area contributed by atoms with Crippen molar-refractivity contribution in [2.45, 2.75) is 11.3 Å². The maximum absolute atomic E-state index is 11.9. The van der Waals surface area contributed by atoms with Gasteiger partial charge in [-0.1, -0.05) is 30.0 Å². The van der Waals surface area contributed by atoms with E-state index in [4.69, 9.17) is 5.26 Å². The van der Waals surface area contributed by atoms with Gasteiger partial charge in [0.25, 0.3) is 5.91 Å². The van der Waals surface area contributed by atoms with Crippen LogP contribution in [0.5, 0.6) is 0 Å². The smallest absolute Gasteiger partial charge is 0.257 e. The van der Waals surface area contributed by atoms with Crippen LogP contribution >= 0.6 is 23.1 Å². The van der Waals surface area contributed by atoms with Crippen LogP contribution in [0.1, 0.15) is 22.8 Å². The van der Waals surface area contributed by atoms with Gasteiger partial charge in [-0.15, -0.1) is 10.2 Å². The van der Waals surface area contributed by atoms with Crippen molar-refractivity contribution >= 4 is 34.1 Å². The molecule has 19 heavy (non-hydrogen) atoms. The Morgan fingerprint density at radius 3 is 2.79 bits per heavy atom. The Labute approximate surface area is 118 Å². The summed E-state index contributed by atoms with van der Waals surface area (Å²) < 4.78 is 0.831. The fourth-order valence-corrected chi connectivity index (χ4v) is 2.95. The number of benzene rings is 1. The van der Waals surface area contributed by atoms with Crippen LogP contribution in [0.2, 0.25) is 0 Å². The summed E-state index contributed by atoms with van der Waals surface area (Å²) in [6.07, 6.45) is 0. The Balaban J connectivity index is 2.05. The largest absolute Gasteiger partial charge is 0.296 e. The molecule has 0 aliphatic rings. The van der Waals surface area contributed by atoms with Crippen molar-refractivity contribution in [3.05, 3.63) is 35.4 Å². The molecule has 0 saturated heterocycles. The number of carbonyl (C=O) groups excluding carboxylic acids is 1. The molecule has 0 aliphatic carbocycles. The molecule has 5 nitrogen and oxygen atoms in total. The highest BCUT2D eigenvalue weighted by Crippen LogP contribution is 2.25. The Bertz CT molecular complexity index is 615. The van der Waals surface area contributed by atoms with E-state index in [2.05, 4.69) is 15.5 Å². The number of rotatable bonds is 4. The van der Waals surface area contributed by atoms with E-state index < -0.39 is 0 Å². The highest BCUT2D eigenvalue weighted by Gasteiger charge is 2.10. The molecule has 2 aromatic rings. The van der Waals surface area contributed by atoms with Crippen molar-refractivity contribution in [2.24, 2.45) is 0 Å². The maximum atomic E-state index is 11.9. The molecular formula is C12H10N4OS2.